The van der Waals surface area contributed by atoms with Gasteiger partial charge in [0.2, 0.25) is 0 Å². The number of alkyl halides is 3. The first-order chi connectivity index (χ1) is 10.9. The van der Waals surface area contributed by atoms with Gasteiger partial charge in [-0.2, -0.15) is 13.2 Å². The average Bonchev–Trinajstić information content (AvgIpc) is 2.54. The minimum absolute atomic E-state index is 0.0619. The van der Waals surface area contributed by atoms with Crippen LogP contribution in [0.5, 0.6) is 0 Å². The number of hydrogen-bond acceptors (Lipinski definition) is 5. The van der Waals surface area contributed by atoms with Gasteiger partial charge in [0.15, 0.2) is 0 Å². The maximum absolute atomic E-state index is 13.3. The normalized spacial score (nSPS) is 23.7. The summed E-state index contributed by atoms with van der Waals surface area (Å²) in [6.45, 7) is 3.06. The number of rotatable bonds is 5. The number of ether oxygens (including phenoxy) is 2. The molecule has 8 heteroatoms. The molecule has 5 nitrogen and oxygen atoms in total. The summed E-state index contributed by atoms with van der Waals surface area (Å²) in [5.41, 5.74) is 0. The molecule has 1 atom stereocenters. The number of methoxy groups -OCH3 is 1. The Morgan fingerprint density at radius 1 is 1.22 bits per heavy atom. The van der Waals surface area contributed by atoms with Crippen LogP contribution in [0.15, 0.2) is 0 Å². The van der Waals surface area contributed by atoms with Crippen molar-refractivity contribution in [2.45, 2.75) is 31.5 Å². The fourth-order valence-corrected chi connectivity index (χ4v) is 3.31. The zero-order chi connectivity index (χ0) is 16.9. The topological polar surface area (TPSA) is 42.0 Å². The number of carbonyl (C=O) groups excluding carboxylic acids is 1. The van der Waals surface area contributed by atoms with E-state index in [1.807, 2.05) is 4.90 Å². The standard InChI is InChI=1S/C15H25F3N2O3/c1-22-14(21)12-2-5-19(6-3-12)7-4-13(15(16,17)18)20-8-10-23-11-9-20/h12-13H,2-11H2,1H3. The quantitative estimate of drug-likeness (QED) is 0.711. The molecule has 23 heavy (non-hydrogen) atoms. The molecule has 2 saturated heterocycles. The maximum atomic E-state index is 13.3. The van der Waals surface area contributed by atoms with Crippen molar-refractivity contribution in [3.05, 3.63) is 0 Å². The number of halogens is 3. The molecule has 0 aliphatic carbocycles. The minimum Gasteiger partial charge on any atom is -0.469 e. The van der Waals surface area contributed by atoms with Crippen LogP contribution in [0.2, 0.25) is 0 Å². The number of carbonyl (C=O) groups is 1. The molecule has 2 rings (SSSR count). The number of nitrogens with zero attached hydrogens (tertiary/aromatic N) is 2. The van der Waals surface area contributed by atoms with Crippen molar-refractivity contribution in [3.63, 3.8) is 0 Å². The lowest BCUT2D eigenvalue weighted by Gasteiger charge is -2.37. The summed E-state index contributed by atoms with van der Waals surface area (Å²) in [7, 11) is 1.37. The van der Waals surface area contributed by atoms with E-state index in [1.54, 1.807) is 0 Å². The molecule has 2 aliphatic rings. The minimum atomic E-state index is -4.22. The van der Waals surface area contributed by atoms with Crippen molar-refractivity contribution in [2.24, 2.45) is 5.92 Å². The van der Waals surface area contributed by atoms with E-state index in [1.165, 1.54) is 12.0 Å². The Bertz CT molecular complexity index is 379. The highest BCUT2D eigenvalue weighted by Gasteiger charge is 2.43. The third-order valence-corrected chi connectivity index (χ3v) is 4.71. The molecule has 0 aromatic heterocycles. The van der Waals surface area contributed by atoms with Crippen LogP contribution >= 0.6 is 0 Å². The smallest absolute Gasteiger partial charge is 0.404 e. The van der Waals surface area contributed by atoms with E-state index in [9.17, 15) is 18.0 Å². The van der Waals surface area contributed by atoms with Gasteiger partial charge in [-0.05, 0) is 38.9 Å². The van der Waals surface area contributed by atoms with Crippen molar-refractivity contribution in [2.75, 3.05) is 53.0 Å². The molecule has 0 radical (unpaired) electrons. The van der Waals surface area contributed by atoms with E-state index in [4.69, 9.17) is 9.47 Å². The Kier molecular flexibility index (Phi) is 6.67. The van der Waals surface area contributed by atoms with Gasteiger partial charge >= 0.3 is 12.1 Å². The van der Waals surface area contributed by atoms with Crippen LogP contribution in [0.1, 0.15) is 19.3 Å². The van der Waals surface area contributed by atoms with Gasteiger partial charge in [0.1, 0.15) is 6.04 Å². The fraction of sp³-hybridized carbons (Fsp3) is 0.933. The number of esters is 1. The summed E-state index contributed by atoms with van der Waals surface area (Å²) in [5.74, 6) is -0.333. The SMILES string of the molecule is COC(=O)C1CCN(CCC(N2CCOCC2)C(F)(F)F)CC1. The molecule has 0 bridgehead atoms. The van der Waals surface area contributed by atoms with Gasteiger partial charge < -0.3 is 14.4 Å². The third kappa shape index (κ3) is 5.32. The van der Waals surface area contributed by atoms with Crippen molar-refractivity contribution < 1.29 is 27.4 Å². The molecule has 134 valence electrons. The second-order valence-corrected chi connectivity index (χ2v) is 6.13. The van der Waals surface area contributed by atoms with E-state index >= 15 is 0 Å². The van der Waals surface area contributed by atoms with Gasteiger partial charge in [0, 0.05) is 13.1 Å². The van der Waals surface area contributed by atoms with Crippen LogP contribution < -0.4 is 0 Å². The van der Waals surface area contributed by atoms with Crippen LogP contribution in [0.4, 0.5) is 13.2 Å². The van der Waals surface area contributed by atoms with Crippen molar-refractivity contribution in [3.8, 4) is 0 Å². The zero-order valence-corrected chi connectivity index (χ0v) is 13.5. The highest BCUT2D eigenvalue weighted by Crippen LogP contribution is 2.29. The van der Waals surface area contributed by atoms with Crippen LogP contribution in [0.25, 0.3) is 0 Å². The summed E-state index contributed by atoms with van der Waals surface area (Å²) < 4.78 is 49.8. The molecule has 0 spiro atoms. The predicted molar refractivity (Wildman–Crippen MR) is 78.0 cm³/mol. The molecule has 2 heterocycles. The molecule has 0 aromatic carbocycles. The zero-order valence-electron chi connectivity index (χ0n) is 13.5. The van der Waals surface area contributed by atoms with E-state index < -0.39 is 12.2 Å². The summed E-state index contributed by atoms with van der Waals surface area (Å²) in [4.78, 5) is 15.0. The first kappa shape index (κ1) is 18.5. The molecule has 0 aromatic rings. The molecular formula is C15H25F3N2O3. The van der Waals surface area contributed by atoms with Gasteiger partial charge in [-0.25, -0.2) is 0 Å². The van der Waals surface area contributed by atoms with Crippen molar-refractivity contribution in [1.82, 2.24) is 9.80 Å². The highest BCUT2D eigenvalue weighted by molar-refractivity contribution is 5.72. The first-order valence-corrected chi connectivity index (χ1v) is 8.10. The van der Waals surface area contributed by atoms with Crippen LogP contribution in [-0.4, -0.2) is 81.0 Å². The molecule has 0 amide bonds. The summed E-state index contributed by atoms with van der Waals surface area (Å²) in [6, 6.07) is -1.41. The Morgan fingerprint density at radius 2 is 1.83 bits per heavy atom. The van der Waals surface area contributed by atoms with Gasteiger partial charge in [0.05, 0.1) is 26.2 Å². The first-order valence-electron chi connectivity index (χ1n) is 8.10. The van der Waals surface area contributed by atoms with Crippen LogP contribution in [-0.2, 0) is 14.3 Å². The van der Waals surface area contributed by atoms with Gasteiger partial charge in [0.25, 0.3) is 0 Å². The second-order valence-electron chi connectivity index (χ2n) is 6.13. The fourth-order valence-electron chi connectivity index (χ4n) is 3.31. The molecule has 1 unspecified atom stereocenters. The van der Waals surface area contributed by atoms with E-state index in [0.29, 0.717) is 58.8 Å². The number of likely N-dealkylation sites (tertiary alicyclic amines) is 1. The molecular weight excluding hydrogens is 313 g/mol. The Hall–Kier alpha value is -0.860. The number of hydrogen-bond donors (Lipinski definition) is 0. The number of piperidine rings is 1. The predicted octanol–water partition coefficient (Wildman–Crippen LogP) is 1.52. The summed E-state index contributed by atoms with van der Waals surface area (Å²) >= 11 is 0. The summed E-state index contributed by atoms with van der Waals surface area (Å²) in [6.07, 6.45) is -2.85. The van der Waals surface area contributed by atoms with Gasteiger partial charge in [-0.1, -0.05) is 0 Å². The average molecular weight is 338 g/mol. The molecule has 2 aliphatic heterocycles. The Morgan fingerprint density at radius 3 is 2.35 bits per heavy atom. The number of morpholine rings is 1. The monoisotopic (exact) mass is 338 g/mol. The maximum Gasteiger partial charge on any atom is 0.404 e. The molecule has 2 fully saturated rings. The largest absolute Gasteiger partial charge is 0.469 e. The second kappa shape index (κ2) is 8.30. The lowest BCUT2D eigenvalue weighted by Crippen LogP contribution is -2.52. The molecule has 0 saturated carbocycles. The van der Waals surface area contributed by atoms with Crippen LogP contribution in [0, 0.1) is 5.92 Å². The van der Waals surface area contributed by atoms with Crippen molar-refractivity contribution in [1.29, 1.82) is 0 Å². The van der Waals surface area contributed by atoms with Crippen molar-refractivity contribution >= 4 is 5.97 Å². The van der Waals surface area contributed by atoms with E-state index in [-0.39, 0.29) is 18.3 Å². The van der Waals surface area contributed by atoms with Crippen LogP contribution in [0.3, 0.4) is 0 Å². The Balaban J connectivity index is 1.81. The van der Waals surface area contributed by atoms with Gasteiger partial charge in [-0.15, -0.1) is 0 Å². The Labute approximate surface area is 134 Å². The lowest BCUT2D eigenvalue weighted by molar-refractivity contribution is -0.194. The molecule has 0 N–H and O–H groups in total. The van der Waals surface area contributed by atoms with Gasteiger partial charge in [-0.3, -0.25) is 9.69 Å². The summed E-state index contributed by atoms with van der Waals surface area (Å²) in [5, 5.41) is 0. The lowest BCUT2D eigenvalue weighted by atomic mass is 9.96. The highest BCUT2D eigenvalue weighted by atomic mass is 19.4. The van der Waals surface area contributed by atoms with E-state index in [2.05, 4.69) is 0 Å². The van der Waals surface area contributed by atoms with E-state index in [0.717, 1.165) is 0 Å². The third-order valence-electron chi connectivity index (χ3n) is 4.71.